The third-order valence-corrected chi connectivity index (χ3v) is 9.34. The van der Waals surface area contributed by atoms with Crippen LogP contribution in [0.1, 0.15) is 42.0 Å². The molecule has 3 aliphatic carbocycles. The average Bonchev–Trinajstić information content (AvgIpc) is 3.31. The molecule has 2 bridgehead atoms. The van der Waals surface area contributed by atoms with Gasteiger partial charge in [-0.15, -0.1) is 0 Å². The van der Waals surface area contributed by atoms with Gasteiger partial charge in [-0.2, -0.15) is 0 Å². The van der Waals surface area contributed by atoms with E-state index < -0.39 is 22.5 Å². The van der Waals surface area contributed by atoms with E-state index in [1.54, 1.807) is 6.07 Å². The van der Waals surface area contributed by atoms with E-state index in [2.05, 4.69) is 23.6 Å². The first-order valence-corrected chi connectivity index (χ1v) is 12.0. The fourth-order valence-electron chi connectivity index (χ4n) is 8.20. The SMILES string of the molecule is C=C(C)CN1CC[C@]23c4c5ccc(O)c4OC2C(=O)C2(Cc4ccccc4C2)C[C@@]3(O)C1C5. The molecule has 0 radical (unpaired) electrons. The lowest BCUT2D eigenvalue weighted by Gasteiger charge is -2.65. The zero-order valence-electron chi connectivity index (χ0n) is 18.9. The smallest absolute Gasteiger partial charge is 0.181 e. The van der Waals surface area contributed by atoms with Crippen LogP contribution in [0.4, 0.5) is 0 Å². The van der Waals surface area contributed by atoms with Crippen molar-refractivity contribution in [1.29, 1.82) is 0 Å². The van der Waals surface area contributed by atoms with Crippen molar-refractivity contribution in [2.45, 2.75) is 62.2 Å². The molecule has 5 heteroatoms. The molecule has 2 aromatic rings. The molecule has 2 N–H and O–H groups in total. The summed E-state index contributed by atoms with van der Waals surface area (Å²) in [5, 5.41) is 23.5. The number of piperidine rings is 1. The number of aromatic hydroxyl groups is 1. The molecule has 7 rings (SSSR count). The molecule has 1 saturated heterocycles. The van der Waals surface area contributed by atoms with Crippen LogP contribution < -0.4 is 4.74 Å². The number of phenols is 1. The van der Waals surface area contributed by atoms with Crippen molar-refractivity contribution in [1.82, 2.24) is 4.90 Å². The first-order valence-electron chi connectivity index (χ1n) is 12.0. The molecule has 2 aromatic carbocycles. The second-order valence-corrected chi connectivity index (χ2v) is 11.2. The lowest BCUT2D eigenvalue weighted by atomic mass is 9.44. The van der Waals surface area contributed by atoms with Gasteiger partial charge in [-0.25, -0.2) is 0 Å². The predicted octanol–water partition coefficient (Wildman–Crippen LogP) is 3.09. The van der Waals surface area contributed by atoms with E-state index in [0.29, 0.717) is 37.9 Å². The van der Waals surface area contributed by atoms with E-state index in [1.807, 2.05) is 25.1 Å². The summed E-state index contributed by atoms with van der Waals surface area (Å²) in [5.41, 5.74) is 2.85. The number of fused-ring (bicyclic) bond motifs is 1. The van der Waals surface area contributed by atoms with Crippen LogP contribution in [0.2, 0.25) is 0 Å². The van der Waals surface area contributed by atoms with Gasteiger partial charge in [0.05, 0.1) is 11.0 Å². The monoisotopic (exact) mass is 443 g/mol. The number of likely N-dealkylation sites (tertiary alicyclic amines) is 1. The molecular formula is C28H29NO4. The lowest BCUT2D eigenvalue weighted by molar-refractivity contribution is -0.208. The summed E-state index contributed by atoms with van der Waals surface area (Å²) in [7, 11) is 0. The predicted molar refractivity (Wildman–Crippen MR) is 124 cm³/mol. The van der Waals surface area contributed by atoms with Crippen molar-refractivity contribution in [2.75, 3.05) is 13.1 Å². The van der Waals surface area contributed by atoms with Gasteiger partial charge < -0.3 is 14.9 Å². The second-order valence-electron chi connectivity index (χ2n) is 11.2. The number of carbonyl (C=O) groups is 1. The van der Waals surface area contributed by atoms with Crippen molar-refractivity contribution in [3.8, 4) is 11.5 Å². The normalized spacial score (nSPS) is 34.7. The number of phenolic OH excluding ortho intramolecular Hbond substituents is 1. The largest absolute Gasteiger partial charge is 0.504 e. The highest BCUT2D eigenvalue weighted by molar-refractivity contribution is 5.96. The van der Waals surface area contributed by atoms with Crippen LogP contribution in [0, 0.1) is 5.41 Å². The van der Waals surface area contributed by atoms with Gasteiger partial charge in [-0.3, -0.25) is 9.69 Å². The molecule has 5 aliphatic rings. The van der Waals surface area contributed by atoms with Gasteiger partial charge in [0.2, 0.25) is 0 Å². The highest BCUT2D eigenvalue weighted by Crippen LogP contribution is 2.68. The molecule has 0 amide bonds. The molecule has 2 spiro atoms. The van der Waals surface area contributed by atoms with Crippen LogP contribution in [-0.4, -0.2) is 51.7 Å². The first-order chi connectivity index (χ1) is 15.8. The molecule has 2 fully saturated rings. The van der Waals surface area contributed by atoms with E-state index in [-0.39, 0.29) is 17.6 Å². The number of carbonyl (C=O) groups excluding carboxylic acids is 1. The van der Waals surface area contributed by atoms with Crippen molar-refractivity contribution in [3.63, 3.8) is 0 Å². The highest BCUT2D eigenvalue weighted by Gasteiger charge is 2.77. The summed E-state index contributed by atoms with van der Waals surface area (Å²) >= 11 is 0. The van der Waals surface area contributed by atoms with Gasteiger partial charge in [0, 0.05) is 30.1 Å². The number of ketones is 1. The Morgan fingerprint density at radius 1 is 1.18 bits per heavy atom. The summed E-state index contributed by atoms with van der Waals surface area (Å²) < 4.78 is 6.39. The minimum Gasteiger partial charge on any atom is -0.504 e. The van der Waals surface area contributed by atoms with Crippen LogP contribution in [0.25, 0.3) is 0 Å². The number of hydrogen-bond acceptors (Lipinski definition) is 5. The van der Waals surface area contributed by atoms with E-state index in [4.69, 9.17) is 4.74 Å². The molecule has 5 nitrogen and oxygen atoms in total. The maximum atomic E-state index is 14.3. The summed E-state index contributed by atoms with van der Waals surface area (Å²) in [6.45, 7) is 7.67. The van der Waals surface area contributed by atoms with Gasteiger partial charge >= 0.3 is 0 Å². The molecule has 170 valence electrons. The number of Topliss-reactive ketones (excluding diaryl/α,β-unsaturated/α-hetero) is 1. The summed E-state index contributed by atoms with van der Waals surface area (Å²) in [5.74, 6) is 0.585. The zero-order chi connectivity index (χ0) is 22.8. The first kappa shape index (κ1) is 19.8. The second kappa shape index (κ2) is 6.08. The number of hydrogen-bond donors (Lipinski definition) is 2. The van der Waals surface area contributed by atoms with Crippen LogP contribution in [-0.2, 0) is 29.5 Å². The Bertz CT molecular complexity index is 1230. The Labute approximate surface area is 193 Å². The number of ether oxygens (including phenoxy) is 1. The molecule has 2 aliphatic heterocycles. The van der Waals surface area contributed by atoms with E-state index >= 15 is 0 Å². The van der Waals surface area contributed by atoms with Crippen molar-refractivity contribution < 1.29 is 19.7 Å². The van der Waals surface area contributed by atoms with Gasteiger partial charge in [0.25, 0.3) is 0 Å². The fourth-order valence-corrected chi connectivity index (χ4v) is 8.20. The van der Waals surface area contributed by atoms with E-state index in [0.717, 1.165) is 29.8 Å². The molecule has 0 aromatic heterocycles. The Morgan fingerprint density at radius 2 is 1.91 bits per heavy atom. The number of benzene rings is 2. The minimum absolute atomic E-state index is 0.0687. The van der Waals surface area contributed by atoms with E-state index in [9.17, 15) is 15.0 Å². The molecule has 33 heavy (non-hydrogen) atoms. The Morgan fingerprint density at radius 3 is 2.61 bits per heavy atom. The van der Waals surface area contributed by atoms with Crippen LogP contribution in [0.15, 0.2) is 48.6 Å². The number of nitrogens with zero attached hydrogens (tertiary/aromatic N) is 1. The quantitative estimate of drug-likeness (QED) is 0.698. The van der Waals surface area contributed by atoms with E-state index in [1.165, 1.54) is 11.1 Å². The molecule has 4 atom stereocenters. The van der Waals surface area contributed by atoms with Crippen molar-refractivity contribution in [3.05, 3.63) is 70.8 Å². The molecule has 2 unspecified atom stereocenters. The standard InChI is InChI=1S/C28H29NO4/c1-16(2)14-29-10-9-27-22-17-7-8-20(30)23(22)33-25(27)24(31)26(15-28(27,32)21(29)11-17)12-18-5-3-4-6-19(18)13-26/h3-8,21,25,30,32H,1,9-15H2,2H3/t21?,25?,27-,28+/m0/s1. The third kappa shape index (κ3) is 2.18. The van der Waals surface area contributed by atoms with Crippen LogP contribution in [0.5, 0.6) is 11.5 Å². The fraction of sp³-hybridized carbons (Fsp3) is 0.464. The van der Waals surface area contributed by atoms with Crippen molar-refractivity contribution >= 4 is 5.78 Å². The Hall–Kier alpha value is -2.63. The van der Waals surface area contributed by atoms with Gasteiger partial charge in [0.1, 0.15) is 0 Å². The number of aliphatic hydroxyl groups is 1. The van der Waals surface area contributed by atoms with Gasteiger partial charge in [-0.1, -0.05) is 42.5 Å². The summed E-state index contributed by atoms with van der Waals surface area (Å²) in [6.07, 6.45) is 2.27. The third-order valence-electron chi connectivity index (χ3n) is 9.34. The molecule has 1 saturated carbocycles. The van der Waals surface area contributed by atoms with Crippen molar-refractivity contribution in [2.24, 2.45) is 5.41 Å². The Balaban J connectivity index is 1.45. The topological polar surface area (TPSA) is 70.0 Å². The zero-order valence-corrected chi connectivity index (χ0v) is 18.9. The van der Waals surface area contributed by atoms with Crippen LogP contribution >= 0.6 is 0 Å². The molecular weight excluding hydrogens is 414 g/mol. The maximum absolute atomic E-state index is 14.3. The van der Waals surface area contributed by atoms with Gasteiger partial charge in [-0.05, 0) is 61.8 Å². The Kier molecular flexibility index (Phi) is 3.65. The summed E-state index contributed by atoms with van der Waals surface area (Å²) in [4.78, 5) is 16.7. The maximum Gasteiger partial charge on any atom is 0.181 e. The number of rotatable bonds is 2. The van der Waals surface area contributed by atoms with Crippen LogP contribution in [0.3, 0.4) is 0 Å². The van der Waals surface area contributed by atoms with Gasteiger partial charge in [0.15, 0.2) is 23.4 Å². The average molecular weight is 444 g/mol. The summed E-state index contributed by atoms with van der Waals surface area (Å²) in [6, 6.07) is 11.8. The minimum atomic E-state index is -1.12. The highest BCUT2D eigenvalue weighted by atomic mass is 16.5. The molecule has 2 heterocycles. The lowest BCUT2D eigenvalue weighted by Crippen LogP contribution is -2.79.